The number of carbonyl (C=O) groups excluding carboxylic acids is 2. The highest BCUT2D eigenvalue weighted by molar-refractivity contribution is 6.12. The van der Waals surface area contributed by atoms with Crippen molar-refractivity contribution in [3.63, 3.8) is 0 Å². The van der Waals surface area contributed by atoms with Gasteiger partial charge >= 0.3 is 0 Å². The average molecular weight is 358 g/mol. The van der Waals surface area contributed by atoms with E-state index in [1.165, 1.54) is 17.0 Å². The van der Waals surface area contributed by atoms with Gasteiger partial charge in [0.15, 0.2) is 0 Å². The number of unbranched alkanes of at least 4 members (excludes halogenated alkanes) is 3. The molecule has 1 heterocycles. The molecule has 0 spiro atoms. The highest BCUT2D eigenvalue weighted by Gasteiger charge is 2.78. The molecular formula is C20H26N2O4. The summed E-state index contributed by atoms with van der Waals surface area (Å²) < 4.78 is 0. The number of hydrogen-bond acceptors (Lipinski definition) is 4. The van der Waals surface area contributed by atoms with Gasteiger partial charge in [-0.1, -0.05) is 52.2 Å². The minimum absolute atomic E-state index is 0.00354. The van der Waals surface area contributed by atoms with Gasteiger partial charge in [0, 0.05) is 24.1 Å². The average Bonchev–Trinajstić information content (AvgIpc) is 3.26. The number of carbonyl (C=O) groups is 2. The van der Waals surface area contributed by atoms with E-state index in [0.29, 0.717) is 6.54 Å². The van der Waals surface area contributed by atoms with Crippen molar-refractivity contribution < 1.29 is 14.5 Å². The minimum Gasteiger partial charge on any atom is -0.282 e. The Morgan fingerprint density at radius 1 is 1.15 bits per heavy atom. The van der Waals surface area contributed by atoms with E-state index in [2.05, 4.69) is 6.92 Å². The van der Waals surface area contributed by atoms with Crippen molar-refractivity contribution >= 4 is 17.5 Å². The van der Waals surface area contributed by atoms with Crippen molar-refractivity contribution in [3.05, 3.63) is 39.9 Å². The van der Waals surface area contributed by atoms with Crippen molar-refractivity contribution in [2.75, 3.05) is 6.54 Å². The fraction of sp³-hybridized carbons (Fsp3) is 0.600. The summed E-state index contributed by atoms with van der Waals surface area (Å²) in [6.45, 7) is 6.60. The molecule has 2 fully saturated rings. The quantitative estimate of drug-likeness (QED) is 0.307. The normalized spacial score (nSPS) is 27.2. The summed E-state index contributed by atoms with van der Waals surface area (Å²) in [4.78, 5) is 37.9. The maximum atomic E-state index is 12.9. The van der Waals surface area contributed by atoms with Crippen LogP contribution in [0.25, 0.3) is 0 Å². The Balaban J connectivity index is 1.85. The number of non-ortho nitro benzene ring substituents is 1. The summed E-state index contributed by atoms with van der Waals surface area (Å²) in [5.74, 6) is -0.894. The van der Waals surface area contributed by atoms with Gasteiger partial charge in [-0.05, 0) is 17.9 Å². The monoisotopic (exact) mass is 358 g/mol. The first-order valence-corrected chi connectivity index (χ1v) is 9.47. The molecule has 1 aromatic carbocycles. The Morgan fingerprint density at radius 3 is 2.35 bits per heavy atom. The zero-order chi connectivity index (χ0) is 19.1. The number of benzene rings is 1. The maximum absolute atomic E-state index is 12.9. The van der Waals surface area contributed by atoms with Crippen LogP contribution in [0.4, 0.5) is 5.69 Å². The molecule has 0 N–H and O–H groups in total. The van der Waals surface area contributed by atoms with Gasteiger partial charge in [0.2, 0.25) is 11.8 Å². The van der Waals surface area contributed by atoms with E-state index < -0.39 is 10.3 Å². The zero-order valence-electron chi connectivity index (χ0n) is 15.6. The van der Waals surface area contributed by atoms with Gasteiger partial charge in [0.1, 0.15) is 0 Å². The topological polar surface area (TPSA) is 80.5 Å². The van der Waals surface area contributed by atoms with Crippen molar-refractivity contribution in [2.45, 2.75) is 51.9 Å². The third-order valence-electron chi connectivity index (χ3n) is 6.07. The zero-order valence-corrected chi connectivity index (χ0v) is 15.6. The van der Waals surface area contributed by atoms with Crippen LogP contribution in [-0.2, 0) is 15.0 Å². The third kappa shape index (κ3) is 2.63. The lowest BCUT2D eigenvalue weighted by Crippen LogP contribution is -2.41. The summed E-state index contributed by atoms with van der Waals surface area (Å²) in [7, 11) is 0. The van der Waals surface area contributed by atoms with Crippen LogP contribution < -0.4 is 0 Å². The number of amides is 2. The Labute approximate surface area is 153 Å². The fourth-order valence-electron chi connectivity index (χ4n) is 4.76. The molecule has 6 heteroatoms. The number of imide groups is 1. The predicted octanol–water partition coefficient (Wildman–Crippen LogP) is 3.68. The summed E-state index contributed by atoms with van der Waals surface area (Å²) in [5, 5.41) is 11.1. The van der Waals surface area contributed by atoms with Gasteiger partial charge in [-0.15, -0.1) is 0 Å². The number of fused-ring (bicyclic) bond motifs is 1. The molecule has 6 nitrogen and oxygen atoms in total. The Kier molecular flexibility index (Phi) is 4.86. The van der Waals surface area contributed by atoms with Gasteiger partial charge in [0.05, 0.1) is 16.8 Å². The minimum atomic E-state index is -0.597. The van der Waals surface area contributed by atoms with Crippen LogP contribution in [-0.4, -0.2) is 28.2 Å². The summed E-state index contributed by atoms with van der Waals surface area (Å²) in [5.41, 5.74) is 0.146. The number of nitrogens with zero attached hydrogens (tertiary/aromatic N) is 2. The number of piperidine rings is 1. The molecule has 2 amide bonds. The van der Waals surface area contributed by atoms with Gasteiger partial charge in [-0.25, -0.2) is 0 Å². The second-order valence-corrected chi connectivity index (χ2v) is 7.74. The first kappa shape index (κ1) is 18.5. The first-order valence-electron chi connectivity index (χ1n) is 9.47. The van der Waals surface area contributed by atoms with E-state index in [4.69, 9.17) is 0 Å². The maximum Gasteiger partial charge on any atom is 0.269 e. The van der Waals surface area contributed by atoms with Crippen LogP contribution in [0.5, 0.6) is 0 Å². The van der Waals surface area contributed by atoms with Crippen LogP contribution >= 0.6 is 0 Å². The number of rotatable bonds is 8. The molecule has 1 saturated carbocycles. The van der Waals surface area contributed by atoms with Crippen molar-refractivity contribution in [1.29, 1.82) is 0 Å². The molecule has 1 aliphatic carbocycles. The lowest BCUT2D eigenvalue weighted by molar-refractivity contribution is -0.385. The Bertz CT molecular complexity index is 721. The third-order valence-corrected chi connectivity index (χ3v) is 6.07. The summed E-state index contributed by atoms with van der Waals surface area (Å²) in [6, 6.07) is 6.43. The second-order valence-electron chi connectivity index (χ2n) is 7.74. The summed E-state index contributed by atoms with van der Waals surface area (Å²) >= 11 is 0. The molecule has 1 saturated heterocycles. The largest absolute Gasteiger partial charge is 0.282 e. The smallest absolute Gasteiger partial charge is 0.269 e. The van der Waals surface area contributed by atoms with E-state index in [1.807, 2.05) is 19.9 Å². The molecule has 0 radical (unpaired) electrons. The first-order chi connectivity index (χ1) is 12.4. The lowest BCUT2D eigenvalue weighted by Gasteiger charge is -2.29. The van der Waals surface area contributed by atoms with Crippen LogP contribution in [0, 0.1) is 27.9 Å². The second kappa shape index (κ2) is 6.82. The predicted molar refractivity (Wildman–Crippen MR) is 97.5 cm³/mol. The summed E-state index contributed by atoms with van der Waals surface area (Å²) in [6.07, 6.45) is 4.07. The molecule has 0 bridgehead atoms. The van der Waals surface area contributed by atoms with E-state index >= 15 is 0 Å². The molecule has 0 aromatic heterocycles. The molecule has 26 heavy (non-hydrogen) atoms. The number of nitro groups is 1. The SMILES string of the molecule is CCCCCCN1C(=O)C2C(C1=O)C2(c1cccc([N+](=O)[O-])c1)C(C)C. The molecule has 3 rings (SSSR count). The van der Waals surface area contributed by atoms with Crippen molar-refractivity contribution in [3.8, 4) is 0 Å². The van der Waals surface area contributed by atoms with Gasteiger partial charge in [-0.2, -0.15) is 0 Å². The van der Waals surface area contributed by atoms with Gasteiger partial charge in [0.25, 0.3) is 5.69 Å². The van der Waals surface area contributed by atoms with E-state index in [1.54, 1.807) is 6.07 Å². The van der Waals surface area contributed by atoms with E-state index in [0.717, 1.165) is 31.2 Å². The Hall–Kier alpha value is -2.24. The van der Waals surface area contributed by atoms with Crippen molar-refractivity contribution in [2.24, 2.45) is 17.8 Å². The highest BCUT2D eigenvalue weighted by Crippen LogP contribution is 2.68. The lowest BCUT2D eigenvalue weighted by atomic mass is 9.79. The molecule has 2 aliphatic rings. The van der Waals surface area contributed by atoms with Gasteiger partial charge < -0.3 is 0 Å². The molecule has 2 atom stereocenters. The fourth-order valence-corrected chi connectivity index (χ4v) is 4.76. The number of likely N-dealkylation sites (tertiary alicyclic amines) is 1. The molecule has 140 valence electrons. The van der Waals surface area contributed by atoms with Crippen LogP contribution in [0.2, 0.25) is 0 Å². The van der Waals surface area contributed by atoms with Crippen LogP contribution in [0.3, 0.4) is 0 Å². The highest BCUT2D eigenvalue weighted by atomic mass is 16.6. The van der Waals surface area contributed by atoms with E-state index in [-0.39, 0.29) is 35.3 Å². The number of hydrogen-bond donors (Lipinski definition) is 0. The van der Waals surface area contributed by atoms with Crippen LogP contribution in [0.1, 0.15) is 52.0 Å². The Morgan fingerprint density at radius 2 is 1.81 bits per heavy atom. The number of nitro benzene ring substituents is 1. The van der Waals surface area contributed by atoms with Gasteiger partial charge in [-0.3, -0.25) is 24.6 Å². The standard InChI is InChI=1S/C20H26N2O4/c1-4-5-6-7-11-21-18(23)16-17(19(21)24)20(16,13(2)3)14-9-8-10-15(12-14)22(25)26/h8-10,12-13,16-17H,4-7,11H2,1-3H3. The van der Waals surface area contributed by atoms with E-state index in [9.17, 15) is 19.7 Å². The molecule has 2 unspecified atom stereocenters. The molecule has 1 aliphatic heterocycles. The van der Waals surface area contributed by atoms with Crippen LogP contribution in [0.15, 0.2) is 24.3 Å². The molecular weight excluding hydrogens is 332 g/mol. The molecule has 1 aromatic rings. The van der Waals surface area contributed by atoms with Crippen molar-refractivity contribution in [1.82, 2.24) is 4.90 Å².